The number of aliphatic hydroxyl groups excluding tert-OH is 1. The van der Waals surface area contributed by atoms with Crippen molar-refractivity contribution in [3.8, 4) is 0 Å². The molecule has 29 heavy (non-hydrogen) atoms. The van der Waals surface area contributed by atoms with Crippen molar-refractivity contribution in [2.75, 3.05) is 12.3 Å². The minimum atomic E-state index is -0.387. The van der Waals surface area contributed by atoms with Crippen LogP contribution in [0.3, 0.4) is 0 Å². The Balaban J connectivity index is 0.000000141. The second-order valence-corrected chi connectivity index (χ2v) is 6.53. The number of H-pyrrole nitrogens is 1. The lowest BCUT2D eigenvalue weighted by molar-refractivity contribution is 0.300. The third-order valence-corrected chi connectivity index (χ3v) is 4.56. The molecule has 0 fully saturated rings. The molecule has 2 aromatic carbocycles. The van der Waals surface area contributed by atoms with E-state index in [9.17, 15) is 9.59 Å². The van der Waals surface area contributed by atoms with Gasteiger partial charge in [0.25, 0.3) is 0 Å². The molecule has 0 saturated heterocycles. The molecule has 0 atom stereocenters. The first-order chi connectivity index (χ1) is 14.0. The number of nitrogens with one attached hydrogen (secondary N) is 1. The number of nitrogens with two attached hydrogens (primary N) is 1. The summed E-state index contributed by atoms with van der Waals surface area (Å²) >= 11 is 0. The predicted octanol–water partition coefficient (Wildman–Crippen LogP) is 3.18. The van der Waals surface area contributed by atoms with Crippen LogP contribution in [0, 0.1) is 0 Å². The molecule has 0 bridgehead atoms. The lowest BCUT2D eigenvalue weighted by atomic mass is 10.1. The molecular weight excluding hydrogens is 372 g/mol. The number of anilines is 1. The van der Waals surface area contributed by atoms with Crippen molar-refractivity contribution < 1.29 is 13.9 Å². The highest BCUT2D eigenvalue weighted by Crippen LogP contribution is 2.21. The number of nitrogen functional groups attached to an aromatic ring is 1. The first-order valence-electron chi connectivity index (χ1n) is 8.97. The maximum atomic E-state index is 11.0. The Morgan fingerprint density at radius 2 is 1.48 bits per heavy atom. The van der Waals surface area contributed by atoms with Gasteiger partial charge in [-0.25, -0.2) is 9.59 Å². The molecule has 7 nitrogen and oxygen atoms in total. The SMILES string of the molecule is Nc1cc2ccc(=O)oc2cc1CCO.O=c1ccc2cc3[nH]ccc3cc2o1. The second kappa shape index (κ2) is 7.65. The molecule has 0 radical (unpaired) electrons. The predicted molar refractivity (Wildman–Crippen MR) is 112 cm³/mol. The molecule has 0 unspecified atom stereocenters. The summed E-state index contributed by atoms with van der Waals surface area (Å²) in [4.78, 5) is 25.1. The summed E-state index contributed by atoms with van der Waals surface area (Å²) in [6, 6.07) is 15.4. The van der Waals surface area contributed by atoms with E-state index in [1.165, 1.54) is 12.1 Å². The van der Waals surface area contributed by atoms with Gasteiger partial charge in [0.1, 0.15) is 11.2 Å². The summed E-state index contributed by atoms with van der Waals surface area (Å²) in [7, 11) is 0. The molecule has 5 rings (SSSR count). The van der Waals surface area contributed by atoms with Crippen molar-refractivity contribution in [1.29, 1.82) is 0 Å². The highest BCUT2D eigenvalue weighted by molar-refractivity contribution is 5.93. The Bertz CT molecular complexity index is 1430. The van der Waals surface area contributed by atoms with Crippen LogP contribution in [-0.4, -0.2) is 16.7 Å². The van der Waals surface area contributed by atoms with Crippen LogP contribution in [0.25, 0.3) is 32.8 Å². The summed E-state index contributed by atoms with van der Waals surface area (Å²) in [6.45, 7) is 0.0206. The van der Waals surface area contributed by atoms with Crippen LogP contribution in [0.2, 0.25) is 0 Å². The number of hydrogen-bond donors (Lipinski definition) is 3. The van der Waals surface area contributed by atoms with E-state index in [4.69, 9.17) is 19.7 Å². The number of aromatic amines is 1. The van der Waals surface area contributed by atoms with Gasteiger partial charge in [-0.15, -0.1) is 0 Å². The number of rotatable bonds is 2. The van der Waals surface area contributed by atoms with Crippen LogP contribution in [0.15, 0.2) is 79.2 Å². The van der Waals surface area contributed by atoms with Gasteiger partial charge in [-0.3, -0.25) is 0 Å². The molecule has 0 spiro atoms. The highest BCUT2D eigenvalue weighted by atomic mass is 16.4. The number of aromatic nitrogens is 1. The van der Waals surface area contributed by atoms with Crippen LogP contribution >= 0.6 is 0 Å². The second-order valence-electron chi connectivity index (χ2n) is 6.53. The minimum Gasteiger partial charge on any atom is -0.423 e. The standard InChI is InChI=1S/C11H11NO3.C11H7NO2/c12-9-5-8-1-2-11(14)15-10(8)6-7(9)3-4-13;13-11-2-1-8-5-9-7(3-4-12-9)6-10(8)14-11/h1-2,5-6,13H,3-4,12H2;1-6,12H. The third-order valence-electron chi connectivity index (χ3n) is 4.56. The maximum absolute atomic E-state index is 11.0. The zero-order valence-corrected chi connectivity index (χ0v) is 15.3. The zero-order chi connectivity index (χ0) is 20.4. The monoisotopic (exact) mass is 390 g/mol. The third kappa shape index (κ3) is 3.90. The fourth-order valence-corrected chi connectivity index (χ4v) is 3.13. The van der Waals surface area contributed by atoms with E-state index in [-0.39, 0.29) is 17.9 Å². The Labute approximate surface area is 164 Å². The number of fused-ring (bicyclic) bond motifs is 3. The molecule has 3 heterocycles. The molecular formula is C22H18N2O5. The van der Waals surface area contributed by atoms with Gasteiger partial charge >= 0.3 is 11.3 Å². The van der Waals surface area contributed by atoms with E-state index in [0.717, 1.165) is 27.2 Å². The van der Waals surface area contributed by atoms with Crippen LogP contribution < -0.4 is 17.0 Å². The summed E-state index contributed by atoms with van der Waals surface area (Å²) < 4.78 is 10.1. The van der Waals surface area contributed by atoms with Gasteiger partial charge in [0, 0.05) is 52.3 Å². The maximum Gasteiger partial charge on any atom is 0.336 e. The zero-order valence-electron chi connectivity index (χ0n) is 15.3. The van der Waals surface area contributed by atoms with Crippen molar-refractivity contribution in [1.82, 2.24) is 4.98 Å². The van der Waals surface area contributed by atoms with Gasteiger partial charge in [-0.2, -0.15) is 0 Å². The number of hydrogen-bond acceptors (Lipinski definition) is 6. The number of benzene rings is 2. The number of aliphatic hydroxyl groups is 1. The van der Waals surface area contributed by atoms with Crippen molar-refractivity contribution >= 4 is 38.5 Å². The molecule has 146 valence electrons. The van der Waals surface area contributed by atoms with Gasteiger partial charge < -0.3 is 24.7 Å². The van der Waals surface area contributed by atoms with Crippen molar-refractivity contribution in [3.63, 3.8) is 0 Å². The average molecular weight is 390 g/mol. The fraction of sp³-hybridized carbons (Fsp3) is 0.0909. The molecule has 7 heteroatoms. The van der Waals surface area contributed by atoms with Crippen LogP contribution in [0.4, 0.5) is 5.69 Å². The largest absolute Gasteiger partial charge is 0.423 e. The van der Waals surface area contributed by atoms with E-state index in [2.05, 4.69) is 4.98 Å². The van der Waals surface area contributed by atoms with Crippen LogP contribution in [-0.2, 0) is 6.42 Å². The van der Waals surface area contributed by atoms with Gasteiger partial charge in [0.15, 0.2) is 0 Å². The van der Waals surface area contributed by atoms with Crippen molar-refractivity contribution in [3.05, 3.63) is 87.2 Å². The van der Waals surface area contributed by atoms with E-state index < -0.39 is 0 Å². The van der Waals surface area contributed by atoms with Gasteiger partial charge in [-0.05, 0) is 54.4 Å². The first kappa shape index (κ1) is 18.5. The molecule has 0 saturated carbocycles. The van der Waals surface area contributed by atoms with Gasteiger partial charge in [0.05, 0.1) is 0 Å². The summed E-state index contributed by atoms with van der Waals surface area (Å²) in [5.74, 6) is 0. The topological polar surface area (TPSA) is 122 Å². The molecule has 3 aromatic heterocycles. The molecule has 0 aliphatic heterocycles. The molecule has 5 aromatic rings. The normalized spacial score (nSPS) is 10.9. The Morgan fingerprint density at radius 1 is 0.828 bits per heavy atom. The molecule has 4 N–H and O–H groups in total. The smallest absolute Gasteiger partial charge is 0.336 e. The molecule has 0 amide bonds. The van der Waals surface area contributed by atoms with Gasteiger partial charge in [-0.1, -0.05) is 0 Å². The highest BCUT2D eigenvalue weighted by Gasteiger charge is 2.04. The average Bonchev–Trinajstić information content (AvgIpc) is 3.15. The van der Waals surface area contributed by atoms with Crippen LogP contribution in [0.5, 0.6) is 0 Å². The minimum absolute atomic E-state index is 0.0206. The van der Waals surface area contributed by atoms with E-state index >= 15 is 0 Å². The molecule has 0 aliphatic carbocycles. The van der Waals surface area contributed by atoms with E-state index in [0.29, 0.717) is 23.3 Å². The van der Waals surface area contributed by atoms with E-state index in [1.54, 1.807) is 24.3 Å². The van der Waals surface area contributed by atoms with Crippen molar-refractivity contribution in [2.24, 2.45) is 0 Å². The van der Waals surface area contributed by atoms with Crippen molar-refractivity contribution in [2.45, 2.75) is 6.42 Å². The first-order valence-corrected chi connectivity index (χ1v) is 8.97. The Morgan fingerprint density at radius 3 is 2.17 bits per heavy atom. The summed E-state index contributed by atoms with van der Waals surface area (Å²) in [6.07, 6.45) is 2.32. The summed E-state index contributed by atoms with van der Waals surface area (Å²) in [5.41, 5.74) is 8.65. The van der Waals surface area contributed by atoms with Gasteiger partial charge in [0.2, 0.25) is 0 Å². The lowest BCUT2D eigenvalue weighted by Crippen LogP contribution is -2.00. The quantitative estimate of drug-likeness (QED) is 0.314. The summed E-state index contributed by atoms with van der Waals surface area (Å²) in [5, 5.41) is 11.6. The Hall–Kier alpha value is -3.84. The lowest BCUT2D eigenvalue weighted by Gasteiger charge is -2.05. The fourth-order valence-electron chi connectivity index (χ4n) is 3.13. The van der Waals surface area contributed by atoms with E-state index in [1.807, 2.05) is 24.4 Å². The molecule has 0 aliphatic rings. The Kier molecular flexibility index (Phi) is 4.88. The van der Waals surface area contributed by atoms with Crippen LogP contribution in [0.1, 0.15) is 5.56 Å².